The molecule has 4 aromatic carbocycles. The van der Waals surface area contributed by atoms with Crippen molar-refractivity contribution in [2.45, 2.75) is 23.8 Å². The summed E-state index contributed by atoms with van der Waals surface area (Å²) in [5.41, 5.74) is 1.51. The molecule has 41 heavy (non-hydrogen) atoms. The van der Waals surface area contributed by atoms with Gasteiger partial charge in [-0.2, -0.15) is 4.72 Å². The normalized spacial score (nSPS) is 13.0. The number of hydrogen-bond donors (Lipinski definition) is 2. The van der Waals surface area contributed by atoms with Crippen molar-refractivity contribution < 1.29 is 17.6 Å². The Morgan fingerprint density at radius 2 is 1.46 bits per heavy atom. The molecule has 0 aliphatic rings. The summed E-state index contributed by atoms with van der Waals surface area (Å²) in [6.07, 6.45) is 0. The summed E-state index contributed by atoms with van der Waals surface area (Å²) in [6.45, 7) is 1.69. The van der Waals surface area contributed by atoms with E-state index in [1.54, 1.807) is 85.8 Å². The number of benzene rings is 4. The summed E-state index contributed by atoms with van der Waals surface area (Å²) in [7, 11) is -4.35. The number of nitrogens with zero attached hydrogens (tertiary/aromatic N) is 1. The number of carbonyl (C=O) groups excluding carboxylic acids is 1. The number of aryl methyl sites for hydroxylation is 1. The molecule has 0 fully saturated rings. The molecule has 0 aliphatic carbocycles. The summed E-state index contributed by atoms with van der Waals surface area (Å²) >= 11 is 6.17. The van der Waals surface area contributed by atoms with Gasteiger partial charge in [0, 0.05) is 27.8 Å². The summed E-state index contributed by atoms with van der Waals surface area (Å²) in [5, 5.41) is 3.50. The maximum atomic E-state index is 14.1. The molecule has 1 heterocycles. The molecule has 0 unspecified atom stereocenters. The van der Waals surface area contributed by atoms with E-state index < -0.39 is 39.1 Å². The van der Waals surface area contributed by atoms with E-state index in [-0.39, 0.29) is 16.0 Å². The molecule has 1 aromatic heterocycles. The highest BCUT2D eigenvalue weighted by molar-refractivity contribution is 7.89. The van der Waals surface area contributed by atoms with E-state index in [4.69, 9.17) is 11.6 Å². The van der Waals surface area contributed by atoms with Crippen LogP contribution in [0.25, 0.3) is 5.69 Å². The molecule has 5 aromatic rings. The number of sulfonamides is 1. The number of Topliss-reactive ketones (excluding diaryl/α,β-unsaturated/α-hetero) is 1. The SMILES string of the molecule is Cc1[nH]n(-c2ccccc2)c(=O)c1[C@@H](c1ccc(Cl)cc1)[C@H](NS(=O)(=O)c1ccc(F)cc1)C(=O)c1ccccc1. The standard InChI is InChI=1S/C31H25ClFN3O4S/c1-20-27(31(38)36(34-20)25-10-6-3-7-11-25)28(21-12-14-23(32)15-13-21)29(30(37)22-8-4-2-5-9-22)35-41(39,40)26-18-16-24(33)17-19-26/h2-19,28-29,34-35H,1H3/t28-,29+/m1/s1. The van der Waals surface area contributed by atoms with E-state index in [0.717, 1.165) is 24.3 Å². The third-order valence-corrected chi connectivity index (χ3v) is 8.46. The van der Waals surface area contributed by atoms with E-state index in [0.29, 0.717) is 22.0 Å². The molecule has 2 N–H and O–H groups in total. The monoisotopic (exact) mass is 589 g/mol. The number of nitrogens with one attached hydrogen (secondary N) is 2. The highest BCUT2D eigenvalue weighted by Gasteiger charge is 2.38. The first-order valence-corrected chi connectivity index (χ1v) is 14.5. The smallest absolute Gasteiger partial charge is 0.275 e. The van der Waals surface area contributed by atoms with Crippen molar-refractivity contribution in [3.63, 3.8) is 0 Å². The van der Waals surface area contributed by atoms with Gasteiger partial charge in [-0.3, -0.25) is 14.7 Å². The molecular formula is C31H25ClFN3O4S. The molecule has 7 nitrogen and oxygen atoms in total. The second-order valence-corrected chi connectivity index (χ2v) is 11.6. The third-order valence-electron chi connectivity index (χ3n) is 6.75. The molecule has 0 radical (unpaired) electrons. The van der Waals surface area contributed by atoms with E-state index in [1.807, 2.05) is 6.07 Å². The van der Waals surface area contributed by atoms with Crippen LogP contribution < -0.4 is 10.3 Å². The molecule has 2 atom stereocenters. The van der Waals surface area contributed by atoms with Crippen molar-refractivity contribution in [2.75, 3.05) is 0 Å². The van der Waals surface area contributed by atoms with Gasteiger partial charge in [0.15, 0.2) is 5.78 Å². The molecule has 0 aliphatic heterocycles. The second kappa shape index (κ2) is 11.7. The summed E-state index contributed by atoms with van der Waals surface area (Å²) in [4.78, 5) is 27.9. The maximum absolute atomic E-state index is 14.1. The Kier molecular flexibility index (Phi) is 8.03. The highest BCUT2D eigenvalue weighted by atomic mass is 35.5. The van der Waals surface area contributed by atoms with Gasteiger partial charge in [-0.25, -0.2) is 17.5 Å². The minimum Gasteiger partial charge on any atom is -0.295 e. The van der Waals surface area contributed by atoms with Crippen LogP contribution in [0.1, 0.15) is 33.1 Å². The van der Waals surface area contributed by atoms with Gasteiger partial charge in [0.2, 0.25) is 10.0 Å². The van der Waals surface area contributed by atoms with Gasteiger partial charge in [0.05, 0.1) is 16.6 Å². The van der Waals surface area contributed by atoms with Crippen molar-refractivity contribution >= 4 is 27.4 Å². The summed E-state index contributed by atoms with van der Waals surface area (Å²) < 4.78 is 44.7. The first-order valence-electron chi connectivity index (χ1n) is 12.7. The van der Waals surface area contributed by atoms with Crippen LogP contribution in [0.5, 0.6) is 0 Å². The number of para-hydroxylation sites is 1. The van der Waals surface area contributed by atoms with Gasteiger partial charge >= 0.3 is 0 Å². The zero-order valence-electron chi connectivity index (χ0n) is 21.8. The summed E-state index contributed by atoms with van der Waals surface area (Å²) in [5.74, 6) is -2.23. The predicted octanol–water partition coefficient (Wildman–Crippen LogP) is 5.63. The highest BCUT2D eigenvalue weighted by Crippen LogP contribution is 2.32. The van der Waals surface area contributed by atoms with Crippen LogP contribution >= 0.6 is 11.6 Å². The summed E-state index contributed by atoms with van der Waals surface area (Å²) in [6, 6.07) is 26.5. The Hall–Kier alpha value is -4.31. The largest absolute Gasteiger partial charge is 0.295 e. The van der Waals surface area contributed by atoms with Crippen molar-refractivity contribution in [3.05, 3.63) is 153 Å². The third kappa shape index (κ3) is 5.92. The molecule has 0 saturated heterocycles. The molecule has 208 valence electrons. The number of H-pyrrole nitrogens is 1. The Balaban J connectivity index is 1.73. The second-order valence-electron chi connectivity index (χ2n) is 9.44. The Morgan fingerprint density at radius 1 is 0.878 bits per heavy atom. The molecule has 0 spiro atoms. The molecule has 0 bridgehead atoms. The average molecular weight is 590 g/mol. The fraction of sp³-hybridized carbons (Fsp3) is 0.0968. The first-order chi connectivity index (χ1) is 19.7. The number of halogens is 2. The lowest BCUT2D eigenvalue weighted by Crippen LogP contribution is -2.46. The first kappa shape index (κ1) is 28.2. The number of hydrogen-bond acceptors (Lipinski definition) is 4. The Morgan fingerprint density at radius 3 is 2.07 bits per heavy atom. The number of aromatic nitrogens is 2. The average Bonchev–Trinajstić information content (AvgIpc) is 3.27. The number of aromatic amines is 1. The van der Waals surface area contributed by atoms with Crippen molar-refractivity contribution in [2.24, 2.45) is 0 Å². The van der Waals surface area contributed by atoms with Gasteiger partial charge in [-0.05, 0) is 61.0 Å². The van der Waals surface area contributed by atoms with Crippen LogP contribution in [-0.2, 0) is 10.0 Å². The fourth-order valence-electron chi connectivity index (χ4n) is 4.78. The van der Waals surface area contributed by atoms with E-state index in [2.05, 4.69) is 9.82 Å². The van der Waals surface area contributed by atoms with Crippen LogP contribution in [0, 0.1) is 12.7 Å². The van der Waals surface area contributed by atoms with Gasteiger partial charge in [0.1, 0.15) is 5.82 Å². The zero-order valence-corrected chi connectivity index (χ0v) is 23.4. The van der Waals surface area contributed by atoms with Crippen molar-refractivity contribution in [3.8, 4) is 5.69 Å². The van der Waals surface area contributed by atoms with Gasteiger partial charge in [0.25, 0.3) is 5.56 Å². The van der Waals surface area contributed by atoms with Crippen molar-refractivity contribution in [1.29, 1.82) is 0 Å². The molecule has 5 rings (SSSR count). The van der Waals surface area contributed by atoms with Crippen LogP contribution in [0.3, 0.4) is 0 Å². The topological polar surface area (TPSA) is 101 Å². The van der Waals surface area contributed by atoms with E-state index in [9.17, 15) is 22.4 Å². The van der Waals surface area contributed by atoms with Gasteiger partial charge in [-0.15, -0.1) is 0 Å². The quantitative estimate of drug-likeness (QED) is 0.218. The molecular weight excluding hydrogens is 565 g/mol. The molecule has 10 heteroatoms. The Labute approximate surface area is 241 Å². The number of rotatable bonds is 9. The van der Waals surface area contributed by atoms with E-state index in [1.165, 1.54) is 4.68 Å². The van der Waals surface area contributed by atoms with Gasteiger partial charge in [-0.1, -0.05) is 72.3 Å². The van der Waals surface area contributed by atoms with Crippen LogP contribution in [0.2, 0.25) is 5.02 Å². The molecule has 0 saturated carbocycles. The lowest BCUT2D eigenvalue weighted by molar-refractivity contribution is 0.0945. The number of ketones is 1. The van der Waals surface area contributed by atoms with Crippen LogP contribution in [0.4, 0.5) is 4.39 Å². The lowest BCUT2D eigenvalue weighted by Gasteiger charge is -2.27. The lowest BCUT2D eigenvalue weighted by atomic mass is 9.82. The van der Waals surface area contributed by atoms with Crippen LogP contribution in [0.15, 0.2) is 119 Å². The minimum atomic E-state index is -4.35. The Bertz CT molecular complexity index is 1840. The fourth-order valence-corrected chi connectivity index (χ4v) is 6.12. The van der Waals surface area contributed by atoms with E-state index >= 15 is 0 Å². The minimum absolute atomic E-state index is 0.201. The molecule has 0 amide bonds. The predicted molar refractivity (Wildman–Crippen MR) is 156 cm³/mol. The van der Waals surface area contributed by atoms with Crippen molar-refractivity contribution in [1.82, 2.24) is 14.5 Å². The number of carbonyl (C=O) groups is 1. The van der Waals surface area contributed by atoms with Gasteiger partial charge < -0.3 is 0 Å². The maximum Gasteiger partial charge on any atom is 0.275 e. The zero-order chi connectivity index (χ0) is 29.1. The van der Waals surface area contributed by atoms with Crippen LogP contribution in [-0.4, -0.2) is 30.0 Å².